The summed E-state index contributed by atoms with van der Waals surface area (Å²) < 4.78 is 0. The van der Waals surface area contributed by atoms with Crippen LogP contribution in [0.5, 0.6) is 17.2 Å². The van der Waals surface area contributed by atoms with Crippen LogP contribution in [0.15, 0.2) is 23.0 Å². The maximum absolute atomic E-state index is 12.2. The lowest BCUT2D eigenvalue weighted by Gasteiger charge is -2.08. The van der Waals surface area contributed by atoms with Crippen LogP contribution in [0.3, 0.4) is 0 Å². The zero-order valence-corrected chi connectivity index (χ0v) is 11.8. The van der Waals surface area contributed by atoms with Gasteiger partial charge in [-0.2, -0.15) is 0 Å². The first kappa shape index (κ1) is 14.9. The summed E-state index contributed by atoms with van der Waals surface area (Å²) in [7, 11) is 0. The van der Waals surface area contributed by atoms with E-state index in [1.807, 2.05) is 0 Å². The molecule has 120 valence electrons. The highest BCUT2D eigenvalue weighted by atomic mass is 16.3. The summed E-state index contributed by atoms with van der Waals surface area (Å²) in [6, 6.07) is 3.67. The fourth-order valence-electron chi connectivity index (χ4n) is 2.47. The van der Waals surface area contributed by atoms with E-state index in [2.05, 4.69) is 9.97 Å². The van der Waals surface area contributed by atoms with Crippen molar-refractivity contribution in [2.45, 2.75) is 13.2 Å². The molecule has 0 aliphatic carbocycles. The molecule has 0 amide bonds. The molecule has 0 atom stereocenters. The quantitative estimate of drug-likeness (QED) is 0.376. The zero-order chi connectivity index (χ0) is 16.7. The number of aromatic nitrogens is 2. The van der Waals surface area contributed by atoms with Crippen LogP contribution in [0.25, 0.3) is 22.2 Å². The topological polar surface area (TPSA) is 150 Å². The number of rotatable bonds is 3. The number of hydrogen-bond donors (Lipinski definition) is 7. The Morgan fingerprint density at radius 3 is 2.26 bits per heavy atom. The van der Waals surface area contributed by atoms with Gasteiger partial charge >= 0.3 is 0 Å². The third-order valence-corrected chi connectivity index (χ3v) is 3.67. The van der Waals surface area contributed by atoms with E-state index in [1.165, 1.54) is 12.1 Å². The lowest BCUT2D eigenvalue weighted by Crippen LogP contribution is -2.08. The number of hydrogen-bond acceptors (Lipinski definition) is 6. The van der Waals surface area contributed by atoms with E-state index >= 15 is 0 Å². The van der Waals surface area contributed by atoms with Crippen molar-refractivity contribution < 1.29 is 25.5 Å². The normalized spacial score (nSPS) is 11.2. The Kier molecular flexibility index (Phi) is 3.47. The highest BCUT2D eigenvalue weighted by Crippen LogP contribution is 2.36. The minimum Gasteiger partial charge on any atom is -0.507 e. The van der Waals surface area contributed by atoms with Crippen molar-refractivity contribution in [2.24, 2.45) is 0 Å². The van der Waals surface area contributed by atoms with Gasteiger partial charge in [0.05, 0.1) is 29.9 Å². The molecule has 8 nitrogen and oxygen atoms in total. The van der Waals surface area contributed by atoms with Gasteiger partial charge in [0, 0.05) is 17.2 Å². The van der Waals surface area contributed by atoms with Crippen molar-refractivity contribution in [3.63, 3.8) is 0 Å². The van der Waals surface area contributed by atoms with Crippen LogP contribution >= 0.6 is 0 Å². The Hall–Kier alpha value is -2.97. The van der Waals surface area contributed by atoms with Gasteiger partial charge in [0.1, 0.15) is 22.9 Å². The maximum Gasteiger partial charge on any atom is 0.257 e. The number of phenolic OH excluding ortho intramolecular Hbond substituents is 1. The molecule has 23 heavy (non-hydrogen) atoms. The van der Waals surface area contributed by atoms with Gasteiger partial charge in [0.15, 0.2) is 0 Å². The Bertz CT molecular complexity index is 957. The largest absolute Gasteiger partial charge is 0.507 e. The van der Waals surface area contributed by atoms with Gasteiger partial charge in [-0.1, -0.05) is 0 Å². The molecule has 2 heterocycles. The average molecular weight is 318 g/mol. The summed E-state index contributed by atoms with van der Waals surface area (Å²) in [5.74, 6) is -0.846. The number of aromatic hydroxyl groups is 3. The second-order valence-electron chi connectivity index (χ2n) is 5.07. The molecular formula is C15H14N2O6. The molecule has 2 aromatic heterocycles. The SMILES string of the molecule is O=c1[nH]c2[nH]c(CO)c(O)c2cc1-c1cc(CO)c(O)cc1O. The second kappa shape index (κ2) is 5.34. The lowest BCUT2D eigenvalue weighted by atomic mass is 10.0. The van der Waals surface area contributed by atoms with E-state index in [-0.39, 0.29) is 50.7 Å². The Morgan fingerprint density at radius 2 is 1.61 bits per heavy atom. The third kappa shape index (κ3) is 2.30. The number of aliphatic hydroxyl groups is 2. The molecule has 0 aliphatic rings. The summed E-state index contributed by atoms with van der Waals surface area (Å²) in [6.07, 6.45) is 0. The van der Waals surface area contributed by atoms with Crippen molar-refractivity contribution in [1.82, 2.24) is 9.97 Å². The van der Waals surface area contributed by atoms with Crippen molar-refractivity contribution in [3.05, 3.63) is 39.8 Å². The van der Waals surface area contributed by atoms with Crippen molar-refractivity contribution in [2.75, 3.05) is 0 Å². The van der Waals surface area contributed by atoms with Crippen LogP contribution in [0.1, 0.15) is 11.3 Å². The first-order chi connectivity index (χ1) is 11.0. The molecule has 0 bridgehead atoms. The van der Waals surface area contributed by atoms with Crippen LogP contribution in [0, 0.1) is 0 Å². The molecule has 0 aliphatic heterocycles. The van der Waals surface area contributed by atoms with Crippen LogP contribution < -0.4 is 5.56 Å². The number of pyridine rings is 1. The molecule has 8 heteroatoms. The van der Waals surface area contributed by atoms with E-state index in [9.17, 15) is 25.2 Å². The van der Waals surface area contributed by atoms with Crippen LogP contribution in [-0.2, 0) is 13.2 Å². The minimum absolute atomic E-state index is 0.0449. The highest BCUT2D eigenvalue weighted by molar-refractivity contribution is 5.89. The summed E-state index contributed by atoms with van der Waals surface area (Å²) in [5, 5.41) is 48.2. The van der Waals surface area contributed by atoms with Crippen molar-refractivity contribution in [1.29, 1.82) is 0 Å². The van der Waals surface area contributed by atoms with Gasteiger partial charge in [-0.05, 0) is 12.1 Å². The first-order valence-corrected chi connectivity index (χ1v) is 6.70. The van der Waals surface area contributed by atoms with E-state index in [4.69, 9.17) is 5.11 Å². The predicted octanol–water partition coefficient (Wildman–Crippen LogP) is 0.625. The van der Waals surface area contributed by atoms with Gasteiger partial charge in [0.25, 0.3) is 5.56 Å². The molecular weight excluding hydrogens is 304 g/mol. The van der Waals surface area contributed by atoms with E-state index < -0.39 is 18.8 Å². The third-order valence-electron chi connectivity index (χ3n) is 3.67. The van der Waals surface area contributed by atoms with Gasteiger partial charge in [-0.15, -0.1) is 0 Å². The Labute approximate surface area is 128 Å². The number of aliphatic hydroxyl groups excluding tert-OH is 2. The number of phenols is 2. The Morgan fingerprint density at radius 1 is 0.870 bits per heavy atom. The number of aromatic amines is 2. The van der Waals surface area contributed by atoms with Crippen molar-refractivity contribution in [3.8, 4) is 28.4 Å². The number of nitrogens with one attached hydrogen (secondary N) is 2. The van der Waals surface area contributed by atoms with Gasteiger partial charge in [0.2, 0.25) is 0 Å². The molecule has 1 aromatic carbocycles. The molecule has 0 fully saturated rings. The molecule has 0 radical (unpaired) electrons. The smallest absolute Gasteiger partial charge is 0.257 e. The van der Waals surface area contributed by atoms with Gasteiger partial charge in [-0.3, -0.25) is 4.79 Å². The number of H-pyrrole nitrogens is 2. The maximum atomic E-state index is 12.2. The molecule has 0 unspecified atom stereocenters. The predicted molar refractivity (Wildman–Crippen MR) is 81.2 cm³/mol. The van der Waals surface area contributed by atoms with E-state index in [1.54, 1.807) is 0 Å². The van der Waals surface area contributed by atoms with Crippen molar-refractivity contribution >= 4 is 11.0 Å². The molecule has 0 spiro atoms. The summed E-state index contributed by atoms with van der Waals surface area (Å²) in [5.41, 5.74) is 0.129. The molecule has 0 saturated carbocycles. The number of fused-ring (bicyclic) bond motifs is 1. The molecule has 3 rings (SSSR count). The standard InChI is InChI=1S/C15H14N2O6/c18-4-6-1-7(12(21)3-11(6)20)8-2-9-13(22)10(5-19)16-14(9)17-15(8)23/h1-3,18-22H,4-5H2,(H2,16,17,23). The summed E-state index contributed by atoms with van der Waals surface area (Å²) >= 11 is 0. The molecule has 7 N–H and O–H groups in total. The van der Waals surface area contributed by atoms with E-state index in [0.29, 0.717) is 0 Å². The summed E-state index contributed by atoms with van der Waals surface area (Å²) in [6.45, 7) is -0.902. The van der Waals surface area contributed by atoms with Crippen LogP contribution in [-0.4, -0.2) is 35.5 Å². The monoisotopic (exact) mass is 318 g/mol. The van der Waals surface area contributed by atoms with Crippen LogP contribution in [0.4, 0.5) is 0 Å². The van der Waals surface area contributed by atoms with Gasteiger partial charge < -0.3 is 35.5 Å². The van der Waals surface area contributed by atoms with Crippen LogP contribution in [0.2, 0.25) is 0 Å². The van der Waals surface area contributed by atoms with E-state index in [0.717, 1.165) is 6.07 Å². The summed E-state index contributed by atoms with van der Waals surface area (Å²) in [4.78, 5) is 17.4. The van der Waals surface area contributed by atoms with Gasteiger partial charge in [-0.25, -0.2) is 0 Å². The molecule has 3 aromatic rings. The Balaban J connectivity index is 2.30. The second-order valence-corrected chi connectivity index (χ2v) is 5.07. The fraction of sp³-hybridized carbons (Fsp3) is 0.133. The first-order valence-electron chi connectivity index (χ1n) is 6.70. The lowest BCUT2D eigenvalue weighted by molar-refractivity contribution is 0.271. The minimum atomic E-state index is -0.548. The molecule has 0 saturated heterocycles. The zero-order valence-electron chi connectivity index (χ0n) is 11.8. The number of benzene rings is 1. The highest BCUT2D eigenvalue weighted by Gasteiger charge is 2.17. The fourth-order valence-corrected chi connectivity index (χ4v) is 2.47. The average Bonchev–Trinajstić information content (AvgIpc) is 2.82.